The van der Waals surface area contributed by atoms with Gasteiger partial charge in [0, 0.05) is 32.0 Å². The van der Waals surface area contributed by atoms with E-state index in [0.29, 0.717) is 0 Å². The predicted molar refractivity (Wildman–Crippen MR) is 99.5 cm³/mol. The number of aryl methyl sites for hydroxylation is 1. The summed E-state index contributed by atoms with van der Waals surface area (Å²) in [5.41, 5.74) is 5.79. The lowest BCUT2D eigenvalue weighted by Gasteiger charge is -2.38. The zero-order valence-corrected chi connectivity index (χ0v) is 14.6. The second-order valence-corrected chi connectivity index (χ2v) is 6.45. The Balaban J connectivity index is 1.92. The molecular weight excluding hydrogens is 318 g/mol. The first kappa shape index (κ1) is 16.8. The Morgan fingerprint density at radius 1 is 1.25 bits per heavy atom. The van der Waals surface area contributed by atoms with Gasteiger partial charge in [-0.15, -0.1) is 0 Å². The van der Waals surface area contributed by atoms with Crippen LogP contribution in [0.2, 0.25) is 0 Å². The molecule has 0 N–H and O–H groups in total. The number of hydrogen-bond donors (Lipinski definition) is 1. The van der Waals surface area contributed by atoms with Crippen LogP contribution in [-0.2, 0) is 15.5 Å². The Labute approximate surface area is 148 Å². The molecule has 0 bridgehead atoms. The molecule has 0 saturated heterocycles. The van der Waals surface area contributed by atoms with Crippen LogP contribution in [-0.4, -0.2) is 17.4 Å². The lowest BCUT2D eigenvalue weighted by atomic mass is 9.88. The summed E-state index contributed by atoms with van der Waals surface area (Å²) in [6, 6.07) is 16.6. The maximum Gasteiger partial charge on any atom is 0.319 e. The van der Waals surface area contributed by atoms with Crippen LogP contribution in [0.5, 0.6) is 0 Å². The summed E-state index contributed by atoms with van der Waals surface area (Å²) in [4.78, 5) is 14.1. The molecule has 0 spiro atoms. The molecule has 1 aliphatic rings. The Morgan fingerprint density at radius 2 is 1.96 bits per heavy atom. The minimum Gasteiger partial charge on any atom is -0.395 e. The van der Waals surface area contributed by atoms with E-state index in [2.05, 4.69) is 71.9 Å². The summed E-state index contributed by atoms with van der Waals surface area (Å²) >= 11 is 3.66. The van der Waals surface area contributed by atoms with Gasteiger partial charge in [-0.1, -0.05) is 60.7 Å². The molecular formula is C20H21NO2S. The van der Waals surface area contributed by atoms with Crippen LogP contribution in [0.25, 0.3) is 5.57 Å². The van der Waals surface area contributed by atoms with Crippen molar-refractivity contribution >= 4 is 24.5 Å². The maximum absolute atomic E-state index is 11.9. The summed E-state index contributed by atoms with van der Waals surface area (Å²) in [5, 5.41) is 0. The zero-order valence-electron chi connectivity index (χ0n) is 13.7. The van der Waals surface area contributed by atoms with E-state index in [0.717, 1.165) is 29.8 Å². The van der Waals surface area contributed by atoms with E-state index in [4.69, 9.17) is 0 Å². The molecule has 0 fully saturated rings. The fourth-order valence-corrected chi connectivity index (χ4v) is 3.35. The monoisotopic (exact) mass is 339 g/mol. The fraction of sp³-hybridized carbons (Fsp3) is 0.250. The van der Waals surface area contributed by atoms with E-state index < -0.39 is 0 Å². The van der Waals surface area contributed by atoms with Gasteiger partial charge < -0.3 is 4.18 Å². The molecule has 3 nitrogen and oxygen atoms in total. The highest BCUT2D eigenvalue weighted by Crippen LogP contribution is 2.37. The average Bonchev–Trinajstić information content (AvgIpc) is 2.60. The summed E-state index contributed by atoms with van der Waals surface area (Å²) < 4.78 is 4.62. The van der Waals surface area contributed by atoms with Crippen molar-refractivity contribution in [2.24, 2.45) is 0 Å². The molecule has 1 heterocycles. The maximum atomic E-state index is 11.9. The highest BCUT2D eigenvalue weighted by molar-refractivity contribution is 7.75. The summed E-state index contributed by atoms with van der Waals surface area (Å²) in [6.45, 7) is 7.79. The van der Waals surface area contributed by atoms with Gasteiger partial charge in [-0.05, 0) is 29.2 Å². The van der Waals surface area contributed by atoms with E-state index in [-0.39, 0.29) is 18.4 Å². The lowest BCUT2D eigenvalue weighted by Crippen LogP contribution is -2.35. The van der Waals surface area contributed by atoms with Crippen molar-refractivity contribution in [2.45, 2.75) is 25.9 Å². The topological polar surface area (TPSA) is 29.5 Å². The Bertz CT molecular complexity index is 754. The van der Waals surface area contributed by atoms with E-state index in [1.165, 1.54) is 11.1 Å². The van der Waals surface area contributed by atoms with Gasteiger partial charge in [0.25, 0.3) is 0 Å². The highest BCUT2D eigenvalue weighted by atomic mass is 32.1. The SMILES string of the molecule is C=C1CN(Cc2ccc(C)cc2)C(CC(=O)OS)c2ccccc21. The van der Waals surface area contributed by atoms with Crippen molar-refractivity contribution in [2.75, 3.05) is 6.54 Å². The van der Waals surface area contributed by atoms with Gasteiger partial charge in [0.05, 0.1) is 6.42 Å². The summed E-state index contributed by atoms with van der Waals surface area (Å²) in [5.74, 6) is -0.320. The van der Waals surface area contributed by atoms with Crippen LogP contribution >= 0.6 is 12.9 Å². The molecule has 1 atom stereocenters. The first-order chi connectivity index (χ1) is 11.6. The molecule has 24 heavy (non-hydrogen) atoms. The number of rotatable bonds is 4. The van der Waals surface area contributed by atoms with Crippen molar-refractivity contribution in [3.63, 3.8) is 0 Å². The molecule has 0 aromatic heterocycles. The van der Waals surface area contributed by atoms with Gasteiger partial charge in [0.1, 0.15) is 0 Å². The van der Waals surface area contributed by atoms with E-state index in [9.17, 15) is 4.79 Å². The third-order valence-corrected chi connectivity index (χ3v) is 4.71. The van der Waals surface area contributed by atoms with Gasteiger partial charge in [-0.2, -0.15) is 0 Å². The summed E-state index contributed by atoms with van der Waals surface area (Å²) in [7, 11) is 0. The minimum absolute atomic E-state index is 0.0346. The van der Waals surface area contributed by atoms with Crippen LogP contribution in [0.1, 0.15) is 34.7 Å². The first-order valence-electron chi connectivity index (χ1n) is 7.99. The van der Waals surface area contributed by atoms with Crippen molar-refractivity contribution < 1.29 is 8.98 Å². The molecule has 0 radical (unpaired) electrons. The third-order valence-electron chi connectivity index (χ3n) is 4.50. The number of benzene rings is 2. The summed E-state index contributed by atoms with van der Waals surface area (Å²) in [6.07, 6.45) is 0.277. The third kappa shape index (κ3) is 3.55. The van der Waals surface area contributed by atoms with E-state index in [1.54, 1.807) is 0 Å². The molecule has 3 rings (SSSR count). The van der Waals surface area contributed by atoms with Crippen molar-refractivity contribution in [1.82, 2.24) is 4.90 Å². The normalized spacial score (nSPS) is 17.4. The Morgan fingerprint density at radius 3 is 2.67 bits per heavy atom. The van der Waals surface area contributed by atoms with Crippen LogP contribution in [0.3, 0.4) is 0 Å². The van der Waals surface area contributed by atoms with E-state index in [1.807, 2.05) is 12.1 Å². The number of carbonyl (C=O) groups excluding carboxylic acids is 1. The molecule has 0 saturated carbocycles. The standard InChI is InChI=1S/C20H21NO2S/c1-14-7-9-16(10-8-14)13-21-12-15(2)17-5-3-4-6-18(17)19(21)11-20(22)23-24/h3-10,19,24H,2,11-13H2,1H3. The van der Waals surface area contributed by atoms with Crippen LogP contribution in [0, 0.1) is 6.92 Å². The zero-order chi connectivity index (χ0) is 17.1. The number of hydrogen-bond acceptors (Lipinski definition) is 4. The lowest BCUT2D eigenvalue weighted by molar-refractivity contribution is -0.134. The fourth-order valence-electron chi connectivity index (χ4n) is 3.28. The molecule has 2 aromatic carbocycles. The largest absolute Gasteiger partial charge is 0.395 e. The van der Waals surface area contributed by atoms with E-state index >= 15 is 0 Å². The Hall–Kier alpha value is -2.04. The molecule has 0 amide bonds. The molecule has 4 heteroatoms. The van der Waals surface area contributed by atoms with Crippen LogP contribution in [0.15, 0.2) is 55.1 Å². The van der Waals surface area contributed by atoms with Crippen molar-refractivity contribution in [3.05, 3.63) is 77.4 Å². The van der Waals surface area contributed by atoms with Gasteiger partial charge in [-0.3, -0.25) is 9.69 Å². The van der Waals surface area contributed by atoms with Gasteiger partial charge in [0.2, 0.25) is 0 Å². The number of fused-ring (bicyclic) bond motifs is 1. The van der Waals surface area contributed by atoms with Crippen molar-refractivity contribution in [1.29, 1.82) is 0 Å². The number of carbonyl (C=O) groups is 1. The predicted octanol–water partition coefficient (Wildman–Crippen LogP) is 4.34. The smallest absolute Gasteiger partial charge is 0.319 e. The Kier molecular flexibility index (Phi) is 5.07. The van der Waals surface area contributed by atoms with Crippen LogP contribution < -0.4 is 0 Å². The minimum atomic E-state index is -0.320. The van der Waals surface area contributed by atoms with Gasteiger partial charge in [-0.25, -0.2) is 0 Å². The molecule has 0 aliphatic carbocycles. The molecule has 1 aliphatic heterocycles. The second kappa shape index (κ2) is 7.24. The number of nitrogens with zero attached hydrogens (tertiary/aromatic N) is 1. The average molecular weight is 339 g/mol. The second-order valence-electron chi connectivity index (χ2n) is 6.26. The molecule has 124 valence electrons. The van der Waals surface area contributed by atoms with Gasteiger partial charge >= 0.3 is 5.97 Å². The first-order valence-corrected chi connectivity index (χ1v) is 8.36. The quantitative estimate of drug-likeness (QED) is 0.664. The molecule has 2 aromatic rings. The molecule has 1 unspecified atom stereocenters. The highest BCUT2D eigenvalue weighted by Gasteiger charge is 2.31. The van der Waals surface area contributed by atoms with Crippen molar-refractivity contribution in [3.8, 4) is 0 Å². The number of thiol groups is 1. The van der Waals surface area contributed by atoms with Crippen LogP contribution in [0.4, 0.5) is 0 Å². The van der Waals surface area contributed by atoms with Gasteiger partial charge in [0.15, 0.2) is 0 Å².